The minimum atomic E-state index is -0.0443. The van der Waals surface area contributed by atoms with Gasteiger partial charge < -0.3 is 5.32 Å². The van der Waals surface area contributed by atoms with E-state index in [1.165, 1.54) is 11.1 Å². The number of nitrogens with one attached hydrogen (secondary N) is 1. The second kappa shape index (κ2) is 7.28. The van der Waals surface area contributed by atoms with Crippen LogP contribution < -0.4 is 5.32 Å². The number of aryl methyl sites for hydroxylation is 1. The highest BCUT2D eigenvalue weighted by atomic mass is 35.5. The molecule has 0 saturated heterocycles. The van der Waals surface area contributed by atoms with Gasteiger partial charge in [0.2, 0.25) is 0 Å². The first-order chi connectivity index (χ1) is 10.1. The Bertz CT molecular complexity index is 607. The molecule has 0 saturated carbocycles. The maximum absolute atomic E-state index is 12.2. The van der Waals surface area contributed by atoms with Crippen LogP contribution in [0, 0.1) is 6.92 Å². The summed E-state index contributed by atoms with van der Waals surface area (Å²) in [7, 11) is 0. The monoisotopic (exact) mass is 301 g/mol. The zero-order valence-electron chi connectivity index (χ0n) is 12.4. The molecule has 1 amide bonds. The van der Waals surface area contributed by atoms with Crippen LogP contribution in [0.1, 0.15) is 34.0 Å². The molecular formula is C18H20ClNO. The Morgan fingerprint density at radius 3 is 2.43 bits per heavy atom. The number of hydrogen-bond acceptors (Lipinski definition) is 1. The van der Waals surface area contributed by atoms with Crippen LogP contribution in [0.2, 0.25) is 0 Å². The molecular weight excluding hydrogens is 282 g/mol. The molecule has 0 radical (unpaired) electrons. The molecule has 1 unspecified atom stereocenters. The predicted molar refractivity (Wildman–Crippen MR) is 87.8 cm³/mol. The molecule has 2 aromatic carbocycles. The number of amides is 1. The second-order valence-electron chi connectivity index (χ2n) is 5.34. The van der Waals surface area contributed by atoms with E-state index in [4.69, 9.17) is 11.6 Å². The maximum atomic E-state index is 12.2. The van der Waals surface area contributed by atoms with E-state index in [1.54, 1.807) is 0 Å². The number of benzene rings is 2. The molecule has 110 valence electrons. The van der Waals surface area contributed by atoms with Crippen molar-refractivity contribution in [2.45, 2.75) is 32.2 Å². The van der Waals surface area contributed by atoms with Gasteiger partial charge in [-0.15, -0.1) is 11.6 Å². The molecule has 3 heteroatoms. The number of carbonyl (C=O) groups excluding carboxylic acids is 1. The van der Waals surface area contributed by atoms with Crippen molar-refractivity contribution in [2.24, 2.45) is 0 Å². The van der Waals surface area contributed by atoms with Crippen LogP contribution in [-0.2, 0) is 12.3 Å². The van der Waals surface area contributed by atoms with Crippen LogP contribution >= 0.6 is 11.6 Å². The molecule has 0 heterocycles. The molecule has 0 aliphatic carbocycles. The van der Waals surface area contributed by atoms with Crippen molar-refractivity contribution >= 4 is 17.5 Å². The standard InChI is InChI=1S/C18H20ClNO/c1-13-5-3-4-6-17(13)11-14(2)20-18(21)16-9-7-15(12-19)8-10-16/h3-10,14H,11-12H2,1-2H3,(H,20,21). The van der Waals surface area contributed by atoms with Gasteiger partial charge in [0.05, 0.1) is 0 Å². The number of hydrogen-bond donors (Lipinski definition) is 1. The molecule has 2 rings (SSSR count). The molecule has 1 atom stereocenters. The highest BCUT2D eigenvalue weighted by molar-refractivity contribution is 6.17. The summed E-state index contributed by atoms with van der Waals surface area (Å²) in [6.07, 6.45) is 0.832. The maximum Gasteiger partial charge on any atom is 0.251 e. The second-order valence-corrected chi connectivity index (χ2v) is 5.60. The third kappa shape index (κ3) is 4.33. The molecule has 21 heavy (non-hydrogen) atoms. The summed E-state index contributed by atoms with van der Waals surface area (Å²) in [4.78, 5) is 12.2. The highest BCUT2D eigenvalue weighted by Gasteiger charge is 2.11. The zero-order valence-corrected chi connectivity index (χ0v) is 13.2. The van der Waals surface area contributed by atoms with E-state index in [-0.39, 0.29) is 11.9 Å². The highest BCUT2D eigenvalue weighted by Crippen LogP contribution is 2.11. The minimum absolute atomic E-state index is 0.0443. The SMILES string of the molecule is Cc1ccccc1CC(C)NC(=O)c1ccc(CCl)cc1. The van der Waals surface area contributed by atoms with Crippen molar-refractivity contribution in [1.82, 2.24) is 5.32 Å². The molecule has 1 N–H and O–H groups in total. The first-order valence-electron chi connectivity index (χ1n) is 7.10. The molecule has 0 aromatic heterocycles. The van der Waals surface area contributed by atoms with Gasteiger partial charge in [-0.3, -0.25) is 4.79 Å². The van der Waals surface area contributed by atoms with E-state index in [1.807, 2.05) is 43.3 Å². The normalized spacial score (nSPS) is 12.0. The Morgan fingerprint density at radius 1 is 1.14 bits per heavy atom. The molecule has 0 bridgehead atoms. The number of halogens is 1. The fourth-order valence-corrected chi connectivity index (χ4v) is 2.45. The van der Waals surface area contributed by atoms with Gasteiger partial charge in [0, 0.05) is 17.5 Å². The van der Waals surface area contributed by atoms with Gasteiger partial charge in [0.25, 0.3) is 5.91 Å². The summed E-state index contributed by atoms with van der Waals surface area (Å²) in [5, 5.41) is 3.04. The largest absolute Gasteiger partial charge is 0.349 e. The minimum Gasteiger partial charge on any atom is -0.349 e. The van der Waals surface area contributed by atoms with Crippen LogP contribution in [0.4, 0.5) is 0 Å². The van der Waals surface area contributed by atoms with Gasteiger partial charge >= 0.3 is 0 Å². The Morgan fingerprint density at radius 2 is 1.81 bits per heavy atom. The van der Waals surface area contributed by atoms with Crippen molar-refractivity contribution in [1.29, 1.82) is 0 Å². The molecule has 2 aromatic rings. The Labute approximate surface area is 131 Å². The topological polar surface area (TPSA) is 29.1 Å². The first-order valence-corrected chi connectivity index (χ1v) is 7.64. The fourth-order valence-electron chi connectivity index (χ4n) is 2.27. The van der Waals surface area contributed by atoms with Gasteiger partial charge in [0.1, 0.15) is 0 Å². The lowest BCUT2D eigenvalue weighted by Gasteiger charge is -2.15. The summed E-state index contributed by atoms with van der Waals surface area (Å²) in [5.74, 6) is 0.420. The van der Waals surface area contributed by atoms with Gasteiger partial charge in [-0.2, -0.15) is 0 Å². The molecule has 0 aliphatic rings. The average Bonchev–Trinajstić information content (AvgIpc) is 2.49. The van der Waals surface area contributed by atoms with E-state index >= 15 is 0 Å². The summed E-state index contributed by atoms with van der Waals surface area (Å²) in [5.41, 5.74) is 4.20. The van der Waals surface area contributed by atoms with E-state index in [0.29, 0.717) is 11.4 Å². The smallest absolute Gasteiger partial charge is 0.251 e. The quantitative estimate of drug-likeness (QED) is 0.828. The van der Waals surface area contributed by atoms with Crippen LogP contribution in [0.3, 0.4) is 0 Å². The Balaban J connectivity index is 1.97. The van der Waals surface area contributed by atoms with Crippen molar-refractivity contribution in [3.63, 3.8) is 0 Å². The molecule has 0 fully saturated rings. The third-order valence-electron chi connectivity index (χ3n) is 3.54. The van der Waals surface area contributed by atoms with Gasteiger partial charge in [-0.05, 0) is 49.1 Å². The third-order valence-corrected chi connectivity index (χ3v) is 3.84. The van der Waals surface area contributed by atoms with Crippen molar-refractivity contribution in [2.75, 3.05) is 0 Å². The van der Waals surface area contributed by atoms with Crippen molar-refractivity contribution < 1.29 is 4.79 Å². The fraction of sp³-hybridized carbons (Fsp3) is 0.278. The Kier molecular flexibility index (Phi) is 5.40. The van der Waals surface area contributed by atoms with E-state index in [0.717, 1.165) is 12.0 Å². The van der Waals surface area contributed by atoms with Crippen LogP contribution in [0.25, 0.3) is 0 Å². The summed E-state index contributed by atoms with van der Waals surface area (Å²) in [6, 6.07) is 15.7. The number of carbonyl (C=O) groups is 1. The van der Waals surface area contributed by atoms with E-state index < -0.39 is 0 Å². The van der Waals surface area contributed by atoms with Gasteiger partial charge in [0.15, 0.2) is 0 Å². The van der Waals surface area contributed by atoms with Crippen LogP contribution in [-0.4, -0.2) is 11.9 Å². The summed E-state index contributed by atoms with van der Waals surface area (Å²) < 4.78 is 0. The first kappa shape index (κ1) is 15.6. The number of alkyl halides is 1. The molecule has 2 nitrogen and oxygen atoms in total. The lowest BCUT2D eigenvalue weighted by Crippen LogP contribution is -2.34. The lowest BCUT2D eigenvalue weighted by atomic mass is 10.0. The van der Waals surface area contributed by atoms with Crippen molar-refractivity contribution in [3.8, 4) is 0 Å². The summed E-state index contributed by atoms with van der Waals surface area (Å²) in [6.45, 7) is 4.12. The van der Waals surface area contributed by atoms with Gasteiger partial charge in [-0.1, -0.05) is 36.4 Å². The van der Waals surface area contributed by atoms with Crippen LogP contribution in [0.15, 0.2) is 48.5 Å². The molecule has 0 spiro atoms. The number of rotatable bonds is 5. The van der Waals surface area contributed by atoms with Crippen LogP contribution in [0.5, 0.6) is 0 Å². The average molecular weight is 302 g/mol. The zero-order chi connectivity index (χ0) is 15.2. The van der Waals surface area contributed by atoms with Gasteiger partial charge in [-0.25, -0.2) is 0 Å². The summed E-state index contributed by atoms with van der Waals surface area (Å²) >= 11 is 5.75. The van der Waals surface area contributed by atoms with Crippen molar-refractivity contribution in [3.05, 3.63) is 70.8 Å². The van der Waals surface area contributed by atoms with E-state index in [9.17, 15) is 4.79 Å². The van der Waals surface area contributed by atoms with E-state index in [2.05, 4.69) is 24.4 Å². The predicted octanol–water partition coefficient (Wildman–Crippen LogP) is 4.09. The lowest BCUT2D eigenvalue weighted by molar-refractivity contribution is 0.0940. The molecule has 0 aliphatic heterocycles. The Hall–Kier alpha value is -1.80.